The zero-order valence-electron chi connectivity index (χ0n) is 10.1. The van der Waals surface area contributed by atoms with Crippen LogP contribution < -0.4 is 11.1 Å². The van der Waals surface area contributed by atoms with Crippen molar-refractivity contribution in [2.24, 2.45) is 0 Å². The van der Waals surface area contributed by atoms with Crippen molar-refractivity contribution in [1.82, 2.24) is 10.2 Å². The van der Waals surface area contributed by atoms with Crippen molar-refractivity contribution in [1.29, 1.82) is 0 Å². The molecule has 1 fully saturated rings. The maximum absolute atomic E-state index is 12.1. The summed E-state index contributed by atoms with van der Waals surface area (Å²) in [6.07, 6.45) is 2.20. The van der Waals surface area contributed by atoms with Gasteiger partial charge in [0, 0.05) is 16.6 Å². The smallest absolute Gasteiger partial charge is 0.278 e. The summed E-state index contributed by atoms with van der Waals surface area (Å²) in [5.41, 5.74) is 8.18. The van der Waals surface area contributed by atoms with Crippen LogP contribution >= 0.6 is 11.6 Å². The first kappa shape index (κ1) is 12.0. The number of H-pyrrole nitrogens is 1. The number of hydrogen-bond donors (Lipinski definition) is 3. The van der Waals surface area contributed by atoms with Crippen LogP contribution in [-0.4, -0.2) is 16.1 Å². The van der Waals surface area contributed by atoms with E-state index in [0.29, 0.717) is 22.3 Å². The number of benzene rings is 1. The Labute approximate surface area is 115 Å². The van der Waals surface area contributed by atoms with Gasteiger partial charge in [0.1, 0.15) is 0 Å². The molecular formula is C13H13ClN4O. The third-order valence-corrected chi connectivity index (χ3v) is 3.39. The van der Waals surface area contributed by atoms with E-state index in [1.165, 1.54) is 0 Å². The molecule has 0 unspecified atom stereocenters. The number of nitrogens with zero attached hydrogens (tertiary/aromatic N) is 1. The first-order chi connectivity index (χ1) is 9.15. The Hall–Kier alpha value is -2.01. The average Bonchev–Trinajstić information content (AvgIpc) is 3.15. The summed E-state index contributed by atoms with van der Waals surface area (Å²) < 4.78 is 0. The molecule has 1 aromatic carbocycles. The molecule has 0 spiro atoms. The van der Waals surface area contributed by atoms with E-state index in [1.807, 2.05) is 0 Å². The highest BCUT2D eigenvalue weighted by atomic mass is 35.5. The molecule has 5 nitrogen and oxygen atoms in total. The molecule has 0 bridgehead atoms. The van der Waals surface area contributed by atoms with Crippen LogP contribution in [0.25, 0.3) is 0 Å². The van der Waals surface area contributed by atoms with Gasteiger partial charge in [0.25, 0.3) is 5.91 Å². The van der Waals surface area contributed by atoms with Gasteiger partial charge in [-0.3, -0.25) is 9.89 Å². The molecule has 1 saturated carbocycles. The number of aromatic nitrogens is 2. The minimum absolute atomic E-state index is 0.247. The lowest BCUT2D eigenvalue weighted by atomic mass is 10.2. The average molecular weight is 277 g/mol. The Morgan fingerprint density at radius 2 is 2.05 bits per heavy atom. The Kier molecular flexibility index (Phi) is 2.91. The zero-order valence-corrected chi connectivity index (χ0v) is 10.9. The largest absolute Gasteiger partial charge is 0.395 e. The topological polar surface area (TPSA) is 83.8 Å². The number of halogens is 1. The van der Waals surface area contributed by atoms with Gasteiger partial charge in [-0.2, -0.15) is 5.10 Å². The molecule has 0 atom stereocenters. The molecular weight excluding hydrogens is 264 g/mol. The quantitative estimate of drug-likeness (QED) is 0.806. The summed E-state index contributed by atoms with van der Waals surface area (Å²) in [6, 6.07) is 6.87. The van der Waals surface area contributed by atoms with Crippen LogP contribution in [0, 0.1) is 0 Å². The van der Waals surface area contributed by atoms with Crippen LogP contribution in [-0.2, 0) is 0 Å². The number of hydrogen-bond acceptors (Lipinski definition) is 3. The van der Waals surface area contributed by atoms with Crippen molar-refractivity contribution in [3.63, 3.8) is 0 Å². The van der Waals surface area contributed by atoms with Gasteiger partial charge in [-0.25, -0.2) is 0 Å². The molecule has 1 heterocycles. The number of anilines is 2. The molecule has 1 aromatic heterocycles. The number of rotatable bonds is 3. The molecule has 0 radical (unpaired) electrons. The van der Waals surface area contributed by atoms with Gasteiger partial charge >= 0.3 is 0 Å². The van der Waals surface area contributed by atoms with Gasteiger partial charge in [-0.15, -0.1) is 0 Å². The first-order valence-corrected chi connectivity index (χ1v) is 6.43. The lowest BCUT2D eigenvalue weighted by molar-refractivity contribution is 0.102. The summed E-state index contributed by atoms with van der Waals surface area (Å²) in [7, 11) is 0. The van der Waals surface area contributed by atoms with Crippen LogP contribution in [0.1, 0.15) is 34.9 Å². The second kappa shape index (κ2) is 4.59. The molecule has 19 heavy (non-hydrogen) atoms. The molecule has 3 rings (SSSR count). The number of amides is 1. The van der Waals surface area contributed by atoms with E-state index in [2.05, 4.69) is 15.5 Å². The third-order valence-electron chi connectivity index (χ3n) is 3.14. The maximum atomic E-state index is 12.1. The van der Waals surface area contributed by atoms with E-state index >= 15 is 0 Å². The highest BCUT2D eigenvalue weighted by Gasteiger charge is 2.30. The molecule has 1 aliphatic rings. The molecule has 0 aliphatic heterocycles. The monoisotopic (exact) mass is 276 g/mol. The van der Waals surface area contributed by atoms with Gasteiger partial charge in [-0.05, 0) is 37.1 Å². The highest BCUT2D eigenvalue weighted by molar-refractivity contribution is 6.30. The van der Waals surface area contributed by atoms with Crippen molar-refractivity contribution in [3.8, 4) is 0 Å². The fourth-order valence-electron chi connectivity index (χ4n) is 1.94. The van der Waals surface area contributed by atoms with E-state index < -0.39 is 0 Å². The van der Waals surface area contributed by atoms with Crippen molar-refractivity contribution < 1.29 is 4.79 Å². The lowest BCUT2D eigenvalue weighted by Crippen LogP contribution is -2.14. The fraction of sp³-hybridized carbons (Fsp3) is 0.231. The number of nitrogens with two attached hydrogens (primary N) is 1. The predicted octanol–water partition coefficient (Wildman–Crippen LogP) is 2.78. The van der Waals surface area contributed by atoms with Crippen LogP contribution in [0.15, 0.2) is 24.3 Å². The van der Waals surface area contributed by atoms with Crippen LogP contribution in [0.5, 0.6) is 0 Å². The number of nitrogens with one attached hydrogen (secondary N) is 2. The molecule has 2 aromatic rings. The summed E-state index contributed by atoms with van der Waals surface area (Å²) in [5, 5.41) is 10.2. The van der Waals surface area contributed by atoms with Crippen molar-refractivity contribution in [3.05, 3.63) is 40.7 Å². The summed E-state index contributed by atoms with van der Waals surface area (Å²) in [4.78, 5) is 12.1. The lowest BCUT2D eigenvalue weighted by Gasteiger charge is -2.03. The Morgan fingerprint density at radius 1 is 1.37 bits per heavy atom. The maximum Gasteiger partial charge on any atom is 0.278 e. The summed E-state index contributed by atoms with van der Waals surface area (Å²) in [5.74, 6) is 0.118. The standard InChI is InChI=1S/C13H13ClN4O/c14-8-3-5-9(6-4-8)16-13(19)12-10(15)11(17-18-12)7-1-2-7/h3-7H,1-2,15H2,(H,16,19)(H,17,18). The van der Waals surface area contributed by atoms with Crippen LogP contribution in [0.2, 0.25) is 5.02 Å². The Balaban J connectivity index is 1.78. The minimum Gasteiger partial charge on any atom is -0.395 e. The second-order valence-electron chi connectivity index (χ2n) is 4.63. The van der Waals surface area contributed by atoms with Gasteiger partial charge in [0.05, 0.1) is 11.4 Å². The van der Waals surface area contributed by atoms with Gasteiger partial charge < -0.3 is 11.1 Å². The summed E-state index contributed by atoms with van der Waals surface area (Å²) in [6.45, 7) is 0. The zero-order chi connectivity index (χ0) is 13.4. The number of carbonyl (C=O) groups is 1. The van der Waals surface area contributed by atoms with E-state index in [0.717, 1.165) is 18.5 Å². The van der Waals surface area contributed by atoms with E-state index in [1.54, 1.807) is 24.3 Å². The fourth-order valence-corrected chi connectivity index (χ4v) is 2.07. The molecule has 1 amide bonds. The molecule has 0 saturated heterocycles. The Bertz CT molecular complexity index is 616. The molecule has 4 N–H and O–H groups in total. The third kappa shape index (κ3) is 2.42. The molecule has 6 heteroatoms. The van der Waals surface area contributed by atoms with Gasteiger partial charge in [0.2, 0.25) is 0 Å². The number of carbonyl (C=O) groups excluding carboxylic acids is 1. The number of nitrogen functional groups attached to an aromatic ring is 1. The minimum atomic E-state index is -0.317. The van der Waals surface area contributed by atoms with E-state index in [4.69, 9.17) is 17.3 Å². The highest BCUT2D eigenvalue weighted by Crippen LogP contribution is 2.42. The van der Waals surface area contributed by atoms with Crippen molar-refractivity contribution >= 4 is 28.9 Å². The normalized spacial score (nSPS) is 14.4. The van der Waals surface area contributed by atoms with Gasteiger partial charge in [0.15, 0.2) is 5.69 Å². The van der Waals surface area contributed by atoms with E-state index in [9.17, 15) is 4.79 Å². The van der Waals surface area contributed by atoms with Crippen molar-refractivity contribution in [2.75, 3.05) is 11.1 Å². The SMILES string of the molecule is Nc1c(C(=O)Nc2ccc(Cl)cc2)n[nH]c1C1CC1. The van der Waals surface area contributed by atoms with Crippen LogP contribution in [0.3, 0.4) is 0 Å². The van der Waals surface area contributed by atoms with Gasteiger partial charge in [-0.1, -0.05) is 11.6 Å². The molecule has 1 aliphatic carbocycles. The summed E-state index contributed by atoms with van der Waals surface area (Å²) >= 11 is 5.79. The van der Waals surface area contributed by atoms with E-state index in [-0.39, 0.29) is 11.6 Å². The number of aromatic amines is 1. The first-order valence-electron chi connectivity index (χ1n) is 6.06. The molecule has 98 valence electrons. The predicted molar refractivity (Wildman–Crippen MR) is 74.4 cm³/mol. The van der Waals surface area contributed by atoms with Crippen molar-refractivity contribution in [2.45, 2.75) is 18.8 Å². The van der Waals surface area contributed by atoms with Crippen LogP contribution in [0.4, 0.5) is 11.4 Å². The second-order valence-corrected chi connectivity index (χ2v) is 5.07. The Morgan fingerprint density at radius 3 is 2.68 bits per heavy atom.